The maximum absolute atomic E-state index is 13.3. The predicted molar refractivity (Wildman–Crippen MR) is 89.2 cm³/mol. The molecule has 0 radical (unpaired) electrons. The molecule has 0 unspecified atom stereocenters. The minimum absolute atomic E-state index is 0.0556. The molecule has 0 aliphatic carbocycles. The van der Waals surface area contributed by atoms with Gasteiger partial charge in [0, 0.05) is 25.7 Å². The quantitative estimate of drug-likeness (QED) is 0.911. The van der Waals surface area contributed by atoms with Crippen molar-refractivity contribution < 1.29 is 18.7 Å². The number of rotatable bonds is 4. The van der Waals surface area contributed by atoms with E-state index in [1.165, 1.54) is 22.8 Å². The zero-order valence-electron chi connectivity index (χ0n) is 13.8. The highest BCUT2D eigenvalue weighted by Crippen LogP contribution is 2.19. The molecule has 2 aromatic rings. The fraction of sp³-hybridized carbons (Fsp3) is 0.333. The van der Waals surface area contributed by atoms with Crippen LogP contribution in [-0.2, 0) is 11.8 Å². The summed E-state index contributed by atoms with van der Waals surface area (Å²) in [6, 6.07) is 8.52. The van der Waals surface area contributed by atoms with E-state index in [9.17, 15) is 14.0 Å². The molecule has 0 bridgehead atoms. The second-order valence-corrected chi connectivity index (χ2v) is 5.90. The molecule has 7 heteroatoms. The molecule has 1 aromatic carbocycles. The number of aryl methyl sites for hydroxylation is 1. The average Bonchev–Trinajstić information content (AvgIpc) is 2.59. The second kappa shape index (κ2) is 7.48. The van der Waals surface area contributed by atoms with E-state index in [1.54, 1.807) is 31.4 Å². The Kier molecular flexibility index (Phi) is 5.14. The Labute approximate surface area is 144 Å². The van der Waals surface area contributed by atoms with Gasteiger partial charge in [-0.2, -0.15) is 0 Å². The van der Waals surface area contributed by atoms with Crippen molar-refractivity contribution in [3.8, 4) is 5.75 Å². The normalized spacial score (nSPS) is 20.1. The minimum Gasteiger partial charge on any atom is -0.488 e. The second-order valence-electron chi connectivity index (χ2n) is 5.90. The van der Waals surface area contributed by atoms with Crippen LogP contribution in [0.25, 0.3) is 0 Å². The first-order chi connectivity index (χ1) is 12.0. The first kappa shape index (κ1) is 17.2. The van der Waals surface area contributed by atoms with Gasteiger partial charge in [0.15, 0.2) is 0 Å². The Bertz CT molecular complexity index is 821. The summed E-state index contributed by atoms with van der Waals surface area (Å²) in [5, 5.41) is 2.79. The molecule has 1 N–H and O–H groups in total. The zero-order chi connectivity index (χ0) is 17.8. The van der Waals surface area contributed by atoms with Gasteiger partial charge in [0.2, 0.25) is 0 Å². The van der Waals surface area contributed by atoms with Crippen molar-refractivity contribution in [2.24, 2.45) is 7.05 Å². The average molecular weight is 346 g/mol. The number of nitrogens with zero attached hydrogens (tertiary/aromatic N) is 1. The Morgan fingerprint density at radius 1 is 1.36 bits per heavy atom. The summed E-state index contributed by atoms with van der Waals surface area (Å²) in [6.07, 6.45) is 1.76. The van der Waals surface area contributed by atoms with Crippen LogP contribution in [0.15, 0.2) is 47.4 Å². The molecule has 3 rings (SSSR count). The lowest BCUT2D eigenvalue weighted by molar-refractivity contribution is -0.00300. The molecule has 0 spiro atoms. The van der Waals surface area contributed by atoms with Crippen LogP contribution in [0, 0.1) is 5.82 Å². The Balaban J connectivity index is 1.73. The summed E-state index contributed by atoms with van der Waals surface area (Å²) >= 11 is 0. The third-order valence-electron chi connectivity index (χ3n) is 4.06. The zero-order valence-corrected chi connectivity index (χ0v) is 13.8. The van der Waals surface area contributed by atoms with E-state index in [0.717, 1.165) is 0 Å². The molecule has 25 heavy (non-hydrogen) atoms. The van der Waals surface area contributed by atoms with Gasteiger partial charge in [-0.1, -0.05) is 6.07 Å². The predicted octanol–water partition coefficient (Wildman–Crippen LogP) is 1.49. The lowest BCUT2D eigenvalue weighted by Crippen LogP contribution is -2.52. The minimum atomic E-state index is -0.482. The van der Waals surface area contributed by atoms with Gasteiger partial charge in [0.05, 0.1) is 19.3 Å². The van der Waals surface area contributed by atoms with Crippen LogP contribution in [0.1, 0.15) is 16.8 Å². The standard InChI is InChI=1S/C18H19FN2O4/c1-21-8-3-6-14(18(21)23)17(22)20-15-11-24-9-7-16(15)25-13-5-2-4-12(19)10-13/h2-6,8,10,15-16H,7,9,11H2,1H3,(H,20,22)/t15-,16+/m1/s1. The number of benzene rings is 1. The fourth-order valence-corrected chi connectivity index (χ4v) is 2.73. The Morgan fingerprint density at radius 3 is 3.00 bits per heavy atom. The van der Waals surface area contributed by atoms with Gasteiger partial charge in [-0.3, -0.25) is 9.59 Å². The molecule has 2 atom stereocenters. The number of pyridine rings is 1. The van der Waals surface area contributed by atoms with E-state index >= 15 is 0 Å². The molecule has 1 amide bonds. The van der Waals surface area contributed by atoms with E-state index < -0.39 is 17.8 Å². The summed E-state index contributed by atoms with van der Waals surface area (Å²) in [4.78, 5) is 24.5. The van der Waals surface area contributed by atoms with Gasteiger partial charge in [0.1, 0.15) is 23.2 Å². The smallest absolute Gasteiger partial charge is 0.263 e. The van der Waals surface area contributed by atoms with Gasteiger partial charge in [0.25, 0.3) is 11.5 Å². The summed E-state index contributed by atoms with van der Waals surface area (Å²) in [7, 11) is 1.58. The van der Waals surface area contributed by atoms with Crippen LogP contribution in [-0.4, -0.2) is 35.8 Å². The number of hydrogen-bond acceptors (Lipinski definition) is 4. The van der Waals surface area contributed by atoms with Crippen molar-refractivity contribution in [3.63, 3.8) is 0 Å². The highest BCUT2D eigenvalue weighted by atomic mass is 19.1. The molecular formula is C18H19FN2O4. The van der Waals surface area contributed by atoms with Crippen LogP contribution < -0.4 is 15.6 Å². The van der Waals surface area contributed by atoms with Crippen molar-refractivity contribution in [2.45, 2.75) is 18.6 Å². The highest BCUT2D eigenvalue weighted by molar-refractivity contribution is 5.94. The van der Waals surface area contributed by atoms with Crippen molar-refractivity contribution in [2.75, 3.05) is 13.2 Å². The van der Waals surface area contributed by atoms with Gasteiger partial charge in [-0.05, 0) is 24.3 Å². The SMILES string of the molecule is Cn1cccc(C(=O)N[C@@H]2COCC[C@@H]2Oc2cccc(F)c2)c1=O. The third-order valence-corrected chi connectivity index (χ3v) is 4.06. The number of ether oxygens (including phenoxy) is 2. The van der Waals surface area contributed by atoms with Crippen LogP contribution in [0.5, 0.6) is 5.75 Å². The lowest BCUT2D eigenvalue weighted by Gasteiger charge is -2.32. The van der Waals surface area contributed by atoms with E-state index in [-0.39, 0.29) is 23.8 Å². The summed E-state index contributed by atoms with van der Waals surface area (Å²) in [6.45, 7) is 0.748. The molecular weight excluding hydrogens is 327 g/mol. The molecule has 1 aromatic heterocycles. The largest absolute Gasteiger partial charge is 0.488 e. The Morgan fingerprint density at radius 2 is 2.20 bits per heavy atom. The van der Waals surface area contributed by atoms with Gasteiger partial charge < -0.3 is 19.4 Å². The lowest BCUT2D eigenvalue weighted by atomic mass is 10.1. The van der Waals surface area contributed by atoms with E-state index in [4.69, 9.17) is 9.47 Å². The molecule has 1 aliphatic rings. The highest BCUT2D eigenvalue weighted by Gasteiger charge is 2.30. The number of carbonyl (C=O) groups is 1. The van der Waals surface area contributed by atoms with Crippen molar-refractivity contribution in [1.82, 2.24) is 9.88 Å². The topological polar surface area (TPSA) is 69.6 Å². The van der Waals surface area contributed by atoms with E-state index in [0.29, 0.717) is 18.8 Å². The summed E-state index contributed by atoms with van der Waals surface area (Å²) in [5.41, 5.74) is -0.320. The third kappa shape index (κ3) is 4.06. The molecule has 1 fully saturated rings. The van der Waals surface area contributed by atoms with Crippen LogP contribution in [0.4, 0.5) is 4.39 Å². The number of hydrogen-bond donors (Lipinski definition) is 1. The van der Waals surface area contributed by atoms with Gasteiger partial charge in [-0.15, -0.1) is 0 Å². The van der Waals surface area contributed by atoms with E-state index in [2.05, 4.69) is 5.32 Å². The number of aromatic nitrogens is 1. The molecule has 0 saturated carbocycles. The van der Waals surface area contributed by atoms with Crippen molar-refractivity contribution >= 4 is 5.91 Å². The molecule has 6 nitrogen and oxygen atoms in total. The summed E-state index contributed by atoms with van der Waals surface area (Å²) < 4.78 is 25.9. The molecule has 132 valence electrons. The van der Waals surface area contributed by atoms with E-state index in [1.807, 2.05) is 0 Å². The van der Waals surface area contributed by atoms with Crippen molar-refractivity contribution in [3.05, 3.63) is 64.3 Å². The molecule has 1 aliphatic heterocycles. The molecule has 2 heterocycles. The van der Waals surface area contributed by atoms with Gasteiger partial charge in [-0.25, -0.2) is 4.39 Å². The maximum Gasteiger partial charge on any atom is 0.263 e. The fourth-order valence-electron chi connectivity index (χ4n) is 2.73. The van der Waals surface area contributed by atoms with Crippen molar-refractivity contribution in [1.29, 1.82) is 0 Å². The Hall–Kier alpha value is -2.67. The number of carbonyl (C=O) groups excluding carboxylic acids is 1. The monoisotopic (exact) mass is 346 g/mol. The first-order valence-electron chi connectivity index (χ1n) is 8.01. The molecule has 1 saturated heterocycles. The van der Waals surface area contributed by atoms with Crippen LogP contribution in [0.3, 0.4) is 0 Å². The number of halogens is 1. The number of nitrogens with one attached hydrogen (secondary N) is 1. The van der Waals surface area contributed by atoms with Gasteiger partial charge >= 0.3 is 0 Å². The van der Waals surface area contributed by atoms with Crippen LogP contribution >= 0.6 is 0 Å². The number of amides is 1. The maximum atomic E-state index is 13.3. The van der Waals surface area contributed by atoms with Crippen LogP contribution in [0.2, 0.25) is 0 Å². The summed E-state index contributed by atoms with van der Waals surface area (Å²) in [5.74, 6) is -0.482. The first-order valence-corrected chi connectivity index (χ1v) is 8.01.